The largest absolute Gasteiger partial charge is 0.497 e. The van der Waals surface area contributed by atoms with Gasteiger partial charge in [-0.25, -0.2) is 10.3 Å². The van der Waals surface area contributed by atoms with E-state index in [0.29, 0.717) is 22.3 Å². The standard InChI is InChI=1S/C19H16N2O6/c1-26-14-6-7-16-13(8-14)9-15(19(24)27-16)18(23)20-10-11-2-4-12(5-3-11)17(22)21-25/h2-9,25H,10H2,1H3,(H,20,23)(H,21,22). The number of hydrogen-bond donors (Lipinski definition) is 3. The lowest BCUT2D eigenvalue weighted by Crippen LogP contribution is -2.27. The number of amides is 2. The average Bonchev–Trinajstić information content (AvgIpc) is 2.70. The van der Waals surface area contributed by atoms with E-state index < -0.39 is 17.4 Å². The number of hydroxylamine groups is 1. The molecule has 0 spiro atoms. The van der Waals surface area contributed by atoms with Gasteiger partial charge in [0, 0.05) is 17.5 Å². The van der Waals surface area contributed by atoms with Crippen molar-refractivity contribution in [2.75, 3.05) is 7.11 Å². The number of ether oxygens (including phenoxy) is 1. The van der Waals surface area contributed by atoms with E-state index in [9.17, 15) is 14.4 Å². The molecule has 0 aliphatic carbocycles. The van der Waals surface area contributed by atoms with Gasteiger partial charge in [-0.1, -0.05) is 12.1 Å². The first-order valence-electron chi connectivity index (χ1n) is 7.95. The second-order valence-corrected chi connectivity index (χ2v) is 5.67. The predicted molar refractivity (Wildman–Crippen MR) is 95.9 cm³/mol. The van der Waals surface area contributed by atoms with Gasteiger partial charge in [-0.3, -0.25) is 14.8 Å². The third-order valence-electron chi connectivity index (χ3n) is 3.95. The van der Waals surface area contributed by atoms with Gasteiger partial charge in [-0.05, 0) is 42.0 Å². The number of rotatable bonds is 5. The van der Waals surface area contributed by atoms with Gasteiger partial charge in [0.05, 0.1) is 7.11 Å². The number of nitrogens with one attached hydrogen (secondary N) is 2. The van der Waals surface area contributed by atoms with Crippen molar-refractivity contribution in [3.63, 3.8) is 0 Å². The summed E-state index contributed by atoms with van der Waals surface area (Å²) in [5.41, 5.74) is 2.03. The molecule has 8 heteroatoms. The highest BCUT2D eigenvalue weighted by molar-refractivity contribution is 5.97. The number of carbonyl (C=O) groups excluding carboxylic acids is 2. The second-order valence-electron chi connectivity index (χ2n) is 5.67. The minimum atomic E-state index is -0.736. The van der Waals surface area contributed by atoms with Crippen LogP contribution in [0.5, 0.6) is 5.75 Å². The third kappa shape index (κ3) is 3.96. The van der Waals surface area contributed by atoms with Gasteiger partial charge in [0.2, 0.25) is 0 Å². The summed E-state index contributed by atoms with van der Waals surface area (Å²) in [6.45, 7) is 0.148. The minimum Gasteiger partial charge on any atom is -0.497 e. The van der Waals surface area contributed by atoms with Crippen LogP contribution < -0.4 is 21.2 Å². The molecule has 0 fully saturated rings. The number of fused-ring (bicyclic) bond motifs is 1. The molecule has 3 rings (SSSR count). The molecule has 0 bridgehead atoms. The van der Waals surface area contributed by atoms with Gasteiger partial charge in [-0.2, -0.15) is 0 Å². The minimum absolute atomic E-state index is 0.118. The maximum atomic E-state index is 12.4. The fourth-order valence-corrected chi connectivity index (χ4v) is 2.50. The van der Waals surface area contributed by atoms with Crippen molar-refractivity contribution >= 4 is 22.8 Å². The maximum Gasteiger partial charge on any atom is 0.349 e. The van der Waals surface area contributed by atoms with Crippen LogP contribution in [0.25, 0.3) is 11.0 Å². The Balaban J connectivity index is 1.76. The van der Waals surface area contributed by atoms with Gasteiger partial charge in [0.1, 0.15) is 16.9 Å². The van der Waals surface area contributed by atoms with Crippen LogP contribution in [-0.2, 0) is 6.54 Å². The van der Waals surface area contributed by atoms with Crippen molar-refractivity contribution in [1.82, 2.24) is 10.8 Å². The number of benzene rings is 2. The predicted octanol–water partition coefficient (Wildman–Crippen LogP) is 1.85. The van der Waals surface area contributed by atoms with Crippen molar-refractivity contribution in [3.8, 4) is 5.75 Å². The summed E-state index contributed by atoms with van der Waals surface area (Å²) in [4.78, 5) is 35.7. The first-order valence-corrected chi connectivity index (χ1v) is 7.95. The Hall–Kier alpha value is -3.65. The van der Waals surface area contributed by atoms with Crippen LogP contribution in [0.3, 0.4) is 0 Å². The molecule has 0 aliphatic heterocycles. The first kappa shape index (κ1) is 18.2. The van der Waals surface area contributed by atoms with Crippen LogP contribution in [0.2, 0.25) is 0 Å². The molecule has 8 nitrogen and oxygen atoms in total. The fraction of sp³-hybridized carbons (Fsp3) is 0.105. The Morgan fingerprint density at radius 3 is 2.48 bits per heavy atom. The molecule has 0 atom stereocenters. The third-order valence-corrected chi connectivity index (χ3v) is 3.95. The van der Waals surface area contributed by atoms with Crippen LogP contribution in [0.1, 0.15) is 26.3 Å². The van der Waals surface area contributed by atoms with E-state index in [1.807, 2.05) is 0 Å². The van der Waals surface area contributed by atoms with Gasteiger partial charge in [0.15, 0.2) is 0 Å². The molecule has 138 valence electrons. The summed E-state index contributed by atoms with van der Waals surface area (Å²) >= 11 is 0. The Morgan fingerprint density at radius 1 is 1.07 bits per heavy atom. The molecular weight excluding hydrogens is 352 g/mol. The first-order chi connectivity index (χ1) is 13.0. The van der Waals surface area contributed by atoms with E-state index in [1.54, 1.807) is 30.3 Å². The second kappa shape index (κ2) is 7.71. The van der Waals surface area contributed by atoms with Crippen molar-refractivity contribution in [3.05, 3.63) is 75.6 Å². The highest BCUT2D eigenvalue weighted by atomic mass is 16.5. The topological polar surface area (TPSA) is 118 Å². The zero-order valence-corrected chi connectivity index (χ0v) is 14.3. The van der Waals surface area contributed by atoms with Crippen LogP contribution in [0, 0.1) is 0 Å². The maximum absolute atomic E-state index is 12.4. The van der Waals surface area contributed by atoms with Gasteiger partial charge < -0.3 is 14.5 Å². The van der Waals surface area contributed by atoms with Crippen molar-refractivity contribution < 1.29 is 24.0 Å². The number of hydrogen-bond acceptors (Lipinski definition) is 6. The van der Waals surface area contributed by atoms with E-state index in [4.69, 9.17) is 14.4 Å². The summed E-state index contributed by atoms with van der Waals surface area (Å²) < 4.78 is 10.3. The zero-order valence-electron chi connectivity index (χ0n) is 14.3. The fourth-order valence-electron chi connectivity index (χ4n) is 2.50. The van der Waals surface area contributed by atoms with E-state index in [2.05, 4.69) is 5.32 Å². The lowest BCUT2D eigenvalue weighted by Gasteiger charge is -2.07. The lowest BCUT2D eigenvalue weighted by atomic mass is 10.1. The van der Waals surface area contributed by atoms with Crippen molar-refractivity contribution in [2.24, 2.45) is 0 Å². The lowest BCUT2D eigenvalue weighted by molar-refractivity contribution is 0.0706. The summed E-state index contributed by atoms with van der Waals surface area (Å²) in [6, 6.07) is 12.6. The molecule has 3 aromatic rings. The molecule has 2 amide bonds. The monoisotopic (exact) mass is 368 g/mol. The number of methoxy groups -OCH3 is 1. The van der Waals surface area contributed by atoms with Crippen LogP contribution in [0.4, 0.5) is 0 Å². The highest BCUT2D eigenvalue weighted by Crippen LogP contribution is 2.20. The van der Waals surface area contributed by atoms with Crippen LogP contribution in [0.15, 0.2) is 57.7 Å². The summed E-state index contributed by atoms with van der Waals surface area (Å²) in [6.07, 6.45) is 0. The summed E-state index contributed by atoms with van der Waals surface area (Å²) in [5, 5.41) is 11.8. The average molecular weight is 368 g/mol. The zero-order chi connectivity index (χ0) is 19.4. The molecule has 1 aromatic heterocycles. The Morgan fingerprint density at radius 2 is 1.81 bits per heavy atom. The quantitative estimate of drug-likeness (QED) is 0.359. The highest BCUT2D eigenvalue weighted by Gasteiger charge is 2.14. The molecule has 0 saturated heterocycles. The Kier molecular flexibility index (Phi) is 5.18. The Labute approximate surface area is 153 Å². The van der Waals surface area contributed by atoms with Crippen molar-refractivity contribution in [2.45, 2.75) is 6.54 Å². The molecule has 27 heavy (non-hydrogen) atoms. The van der Waals surface area contributed by atoms with Gasteiger partial charge >= 0.3 is 5.63 Å². The van der Waals surface area contributed by atoms with Crippen molar-refractivity contribution in [1.29, 1.82) is 0 Å². The van der Waals surface area contributed by atoms with Gasteiger partial charge in [-0.15, -0.1) is 0 Å². The molecule has 0 saturated carbocycles. The molecule has 0 radical (unpaired) electrons. The summed E-state index contributed by atoms with van der Waals surface area (Å²) in [7, 11) is 1.52. The van der Waals surface area contributed by atoms with E-state index in [1.165, 1.54) is 30.8 Å². The molecule has 2 aromatic carbocycles. The molecule has 0 aliphatic rings. The molecular formula is C19H16N2O6. The Bertz CT molecular complexity index is 1060. The molecule has 1 heterocycles. The van der Waals surface area contributed by atoms with E-state index >= 15 is 0 Å². The normalized spacial score (nSPS) is 10.4. The number of carbonyl (C=O) groups is 2. The summed E-state index contributed by atoms with van der Waals surface area (Å²) in [5.74, 6) is -0.629. The van der Waals surface area contributed by atoms with Crippen LogP contribution >= 0.6 is 0 Å². The molecule has 0 unspecified atom stereocenters. The smallest absolute Gasteiger partial charge is 0.349 e. The van der Waals surface area contributed by atoms with Crippen LogP contribution in [-0.4, -0.2) is 24.1 Å². The molecule has 3 N–H and O–H groups in total. The van der Waals surface area contributed by atoms with Gasteiger partial charge in [0.25, 0.3) is 11.8 Å². The SMILES string of the molecule is COc1ccc2oc(=O)c(C(=O)NCc3ccc(C(=O)NO)cc3)cc2c1. The van der Waals surface area contributed by atoms with E-state index in [0.717, 1.165) is 0 Å². The van der Waals surface area contributed by atoms with E-state index in [-0.39, 0.29) is 17.7 Å².